The maximum Gasteiger partial charge on any atom is 0.414 e. The van der Waals surface area contributed by atoms with Crippen LogP contribution in [-0.2, 0) is 16.7 Å². The summed E-state index contributed by atoms with van der Waals surface area (Å²) in [5.74, 6) is -2.74. The number of piperidine rings is 1. The molecule has 1 aromatic heterocycles. The van der Waals surface area contributed by atoms with Crippen molar-refractivity contribution in [2.45, 2.75) is 18.1 Å². The Kier molecular flexibility index (Phi) is 4.82. The molecule has 2 saturated heterocycles. The fraction of sp³-hybridized carbons (Fsp3) is 0.333. The molecule has 178 valence electrons. The van der Waals surface area contributed by atoms with Crippen molar-refractivity contribution in [3.63, 3.8) is 0 Å². The number of aromatic nitrogens is 3. The smallest absolute Gasteiger partial charge is 0.414 e. The number of fused-ring (bicyclic) bond motifs is 1. The minimum absolute atomic E-state index is 0.0119. The van der Waals surface area contributed by atoms with Crippen molar-refractivity contribution >= 4 is 11.8 Å². The van der Waals surface area contributed by atoms with Crippen LogP contribution in [0, 0.1) is 40.6 Å². The number of halogens is 3. The number of hydrogen-bond acceptors (Lipinski definition) is 6. The molecule has 1 amide bonds. The van der Waals surface area contributed by atoms with E-state index in [2.05, 4.69) is 21.7 Å². The number of anilines is 1. The van der Waals surface area contributed by atoms with E-state index >= 15 is 13.2 Å². The van der Waals surface area contributed by atoms with Crippen LogP contribution in [0.4, 0.5) is 23.7 Å². The van der Waals surface area contributed by atoms with Gasteiger partial charge < -0.3 is 10.1 Å². The summed E-state index contributed by atoms with van der Waals surface area (Å²) in [5, 5.41) is 20.4. The second kappa shape index (κ2) is 7.81. The van der Waals surface area contributed by atoms with Crippen LogP contribution in [0.2, 0.25) is 0 Å². The molecule has 0 radical (unpaired) electrons. The normalized spacial score (nSPS) is 27.0. The summed E-state index contributed by atoms with van der Waals surface area (Å²) in [6.45, 7) is 1.56. The lowest BCUT2D eigenvalue weighted by atomic mass is 9.89. The van der Waals surface area contributed by atoms with Crippen molar-refractivity contribution < 1.29 is 22.7 Å². The van der Waals surface area contributed by atoms with Crippen LogP contribution in [0.15, 0.2) is 42.7 Å². The van der Waals surface area contributed by atoms with Gasteiger partial charge in [0, 0.05) is 42.2 Å². The van der Waals surface area contributed by atoms with Gasteiger partial charge in [0.1, 0.15) is 23.6 Å². The van der Waals surface area contributed by atoms with E-state index in [0.717, 1.165) is 18.2 Å². The average molecular weight is 480 g/mol. The number of benzene rings is 2. The third-order valence-corrected chi connectivity index (χ3v) is 7.23. The highest BCUT2D eigenvalue weighted by Gasteiger charge is 2.69. The first-order chi connectivity index (χ1) is 16.9. The number of cyclic esters (lactones) is 1. The lowest BCUT2D eigenvalue weighted by Crippen LogP contribution is -2.26. The number of carbonyl (C=O) groups excluding carboxylic acids is 1. The highest BCUT2D eigenvalue weighted by molar-refractivity contribution is 5.90. The molecule has 1 aliphatic carbocycles. The van der Waals surface area contributed by atoms with Gasteiger partial charge in [-0.3, -0.25) is 4.90 Å². The van der Waals surface area contributed by atoms with Crippen LogP contribution in [0.3, 0.4) is 0 Å². The number of carbonyl (C=O) groups is 1. The highest BCUT2D eigenvalue weighted by atomic mass is 19.1. The second-order valence-electron chi connectivity index (χ2n) is 9.07. The number of nitrogens with zero attached hydrogens (tertiary/aromatic N) is 5. The van der Waals surface area contributed by atoms with Crippen molar-refractivity contribution in [1.82, 2.24) is 20.3 Å². The number of hydrogen-bond donors (Lipinski definition) is 1. The Labute approximate surface area is 197 Å². The molecule has 4 atom stereocenters. The molecule has 0 bridgehead atoms. The van der Waals surface area contributed by atoms with Crippen LogP contribution in [0.25, 0.3) is 11.1 Å². The van der Waals surface area contributed by atoms with Gasteiger partial charge in [0.15, 0.2) is 0 Å². The fourth-order valence-electron chi connectivity index (χ4n) is 5.53. The van der Waals surface area contributed by atoms with Gasteiger partial charge in [-0.2, -0.15) is 5.26 Å². The molecule has 35 heavy (non-hydrogen) atoms. The van der Waals surface area contributed by atoms with Gasteiger partial charge >= 0.3 is 6.09 Å². The van der Waals surface area contributed by atoms with Gasteiger partial charge in [0.05, 0.1) is 36.5 Å². The summed E-state index contributed by atoms with van der Waals surface area (Å²) in [7, 11) is 0. The quantitative estimate of drug-likeness (QED) is 0.603. The molecule has 6 rings (SSSR count). The Morgan fingerprint density at radius 1 is 1.14 bits per heavy atom. The first-order valence-electron chi connectivity index (χ1n) is 11.2. The fourth-order valence-corrected chi connectivity index (χ4v) is 5.53. The van der Waals surface area contributed by atoms with Crippen molar-refractivity contribution in [2.75, 3.05) is 24.5 Å². The van der Waals surface area contributed by atoms with Crippen LogP contribution < -0.4 is 10.2 Å². The van der Waals surface area contributed by atoms with Gasteiger partial charge in [0.2, 0.25) is 0 Å². The monoisotopic (exact) mass is 480 g/mol. The van der Waals surface area contributed by atoms with E-state index in [1.165, 1.54) is 27.9 Å². The van der Waals surface area contributed by atoms with E-state index in [4.69, 9.17) is 4.74 Å². The lowest BCUT2D eigenvalue weighted by molar-refractivity contribution is 0.129. The highest BCUT2D eigenvalue weighted by Crippen LogP contribution is 2.62. The lowest BCUT2D eigenvalue weighted by Gasteiger charge is -2.17. The minimum atomic E-state index is -1.18. The first kappa shape index (κ1) is 21.6. The van der Waals surface area contributed by atoms with Gasteiger partial charge in [-0.1, -0.05) is 5.21 Å². The molecular weight excluding hydrogens is 461 g/mol. The standard InChI is InChI=1S/C24H19F3N6O2/c25-19-7-14(33-11-15(35-23(33)34)10-32-4-3-30-31-32)1-2-16(19)13-5-20(26)22(21(27)6-13)24(12-28)17-8-29-9-18(17)24/h1-7,15,17-18,29H,8-11H2/t15-,17-,18+,24+/m0/s1. The molecule has 11 heteroatoms. The van der Waals surface area contributed by atoms with Crippen LogP contribution >= 0.6 is 0 Å². The largest absolute Gasteiger partial charge is 0.442 e. The Morgan fingerprint density at radius 3 is 2.51 bits per heavy atom. The van der Waals surface area contributed by atoms with Gasteiger partial charge in [-0.25, -0.2) is 22.6 Å². The predicted octanol–water partition coefficient (Wildman–Crippen LogP) is 3.00. The van der Waals surface area contributed by atoms with Crippen molar-refractivity contribution in [1.29, 1.82) is 5.26 Å². The Bertz CT molecular complexity index is 1340. The average Bonchev–Trinajstić information content (AvgIpc) is 3.36. The summed E-state index contributed by atoms with van der Waals surface area (Å²) in [6.07, 6.45) is 2.02. The molecule has 1 saturated carbocycles. The van der Waals surface area contributed by atoms with Gasteiger partial charge in [-0.15, -0.1) is 5.10 Å². The number of nitrogens with one attached hydrogen (secondary N) is 1. The summed E-state index contributed by atoms with van der Waals surface area (Å²) in [6, 6.07) is 8.25. The number of ether oxygens (including phenoxy) is 1. The zero-order valence-electron chi connectivity index (χ0n) is 18.3. The van der Waals surface area contributed by atoms with Crippen molar-refractivity contribution in [3.8, 4) is 17.2 Å². The Morgan fingerprint density at radius 2 is 1.89 bits per heavy atom. The van der Waals surface area contributed by atoms with Crippen molar-refractivity contribution in [3.05, 3.63) is 65.7 Å². The molecule has 1 N–H and O–H groups in total. The molecule has 3 aliphatic rings. The summed E-state index contributed by atoms with van der Waals surface area (Å²) in [4.78, 5) is 13.6. The Hall–Kier alpha value is -3.91. The van der Waals surface area contributed by atoms with Gasteiger partial charge in [-0.05, 0) is 35.9 Å². The number of nitriles is 1. The zero-order valence-corrected chi connectivity index (χ0v) is 18.3. The minimum Gasteiger partial charge on any atom is -0.442 e. The first-order valence-corrected chi connectivity index (χ1v) is 11.2. The summed E-state index contributed by atoms with van der Waals surface area (Å²) in [5.41, 5.74) is -1.17. The van der Waals surface area contributed by atoms with E-state index in [0.29, 0.717) is 19.6 Å². The third kappa shape index (κ3) is 3.28. The molecule has 2 aliphatic heterocycles. The second-order valence-corrected chi connectivity index (χ2v) is 9.07. The number of rotatable bonds is 5. The van der Waals surface area contributed by atoms with Gasteiger partial charge in [0.25, 0.3) is 0 Å². The summed E-state index contributed by atoms with van der Waals surface area (Å²) < 4.78 is 52.2. The maximum absolute atomic E-state index is 15.1. The molecule has 8 nitrogen and oxygen atoms in total. The third-order valence-electron chi connectivity index (χ3n) is 7.23. The molecule has 0 unspecified atom stereocenters. The number of amides is 1. The molecule has 0 spiro atoms. The van der Waals surface area contributed by atoms with E-state index in [9.17, 15) is 10.1 Å². The van der Waals surface area contributed by atoms with E-state index < -0.39 is 35.1 Å². The van der Waals surface area contributed by atoms with E-state index in [1.807, 2.05) is 0 Å². The Balaban J connectivity index is 1.26. The van der Waals surface area contributed by atoms with Crippen LogP contribution in [0.5, 0.6) is 0 Å². The molecule has 2 aromatic carbocycles. The molecular formula is C24H19F3N6O2. The van der Waals surface area contributed by atoms with Crippen LogP contribution in [-0.4, -0.2) is 46.8 Å². The maximum atomic E-state index is 15.1. The molecule has 3 fully saturated rings. The predicted molar refractivity (Wildman–Crippen MR) is 117 cm³/mol. The van der Waals surface area contributed by atoms with Crippen molar-refractivity contribution in [2.24, 2.45) is 11.8 Å². The molecule has 3 aromatic rings. The van der Waals surface area contributed by atoms with E-state index in [-0.39, 0.29) is 40.8 Å². The topological polar surface area (TPSA) is 96.1 Å². The SMILES string of the molecule is N#C[C@]1(c2c(F)cc(-c3ccc(N4C[C@H](Cn5ccnn5)OC4=O)cc3F)cc2F)[C@@H]2CNC[C@@H]21. The van der Waals surface area contributed by atoms with Crippen LogP contribution in [0.1, 0.15) is 5.56 Å². The zero-order chi connectivity index (χ0) is 24.3. The van der Waals surface area contributed by atoms with E-state index in [1.54, 1.807) is 6.20 Å². The summed E-state index contributed by atoms with van der Waals surface area (Å²) >= 11 is 0. The molecule has 3 heterocycles.